The van der Waals surface area contributed by atoms with Crippen LogP contribution >= 0.6 is 0 Å². The summed E-state index contributed by atoms with van der Waals surface area (Å²) in [6.07, 6.45) is 0. The van der Waals surface area contributed by atoms with E-state index in [0.29, 0.717) is 16.9 Å². The molecule has 0 radical (unpaired) electrons. The first-order valence-corrected chi connectivity index (χ1v) is 11.4. The molecular formula is C20H19N5O8S. The van der Waals surface area contributed by atoms with Crippen molar-refractivity contribution in [2.24, 2.45) is 5.92 Å². The summed E-state index contributed by atoms with van der Waals surface area (Å²) >= 11 is 0. The molecule has 1 aromatic carbocycles. The van der Waals surface area contributed by atoms with Gasteiger partial charge in [-0.2, -0.15) is 0 Å². The maximum absolute atomic E-state index is 12.5. The lowest BCUT2D eigenvalue weighted by molar-refractivity contribution is -0.402. The highest BCUT2D eigenvalue weighted by Crippen LogP contribution is 2.25. The van der Waals surface area contributed by atoms with E-state index in [2.05, 4.69) is 15.2 Å². The number of anilines is 2. The molecule has 34 heavy (non-hydrogen) atoms. The zero-order valence-corrected chi connectivity index (χ0v) is 18.8. The summed E-state index contributed by atoms with van der Waals surface area (Å²) in [6.45, 7) is 3.60. The van der Waals surface area contributed by atoms with Gasteiger partial charge in [0.25, 0.3) is 15.9 Å². The quantitative estimate of drug-likeness (QED) is 0.372. The highest BCUT2D eigenvalue weighted by molar-refractivity contribution is 7.92. The molecule has 0 saturated carbocycles. The molecular weight excluding hydrogens is 470 g/mol. The van der Waals surface area contributed by atoms with Crippen LogP contribution in [0.25, 0.3) is 0 Å². The lowest BCUT2D eigenvalue weighted by Crippen LogP contribution is -2.54. The third kappa shape index (κ3) is 4.47. The standard InChI is InChI=1S/C20H19N5O8S/c1-11-12(2)22-33-19(11)23-34(30,31)15-5-3-14(4-6-15)21-18(26)13-9-24(10-13)20(27)16-7-8-17(32-16)25(28)29/h3-8,13,23H,9-10H2,1-2H3,(H,21,26). The van der Waals surface area contributed by atoms with E-state index in [1.165, 1.54) is 35.2 Å². The minimum atomic E-state index is -3.92. The number of carbonyl (C=O) groups is 2. The van der Waals surface area contributed by atoms with Gasteiger partial charge in [-0.1, -0.05) is 5.16 Å². The minimum Gasteiger partial charge on any atom is -0.395 e. The Balaban J connectivity index is 1.32. The number of rotatable bonds is 7. The lowest BCUT2D eigenvalue weighted by atomic mass is 9.98. The predicted octanol–water partition coefficient (Wildman–Crippen LogP) is 2.30. The maximum Gasteiger partial charge on any atom is 0.433 e. The van der Waals surface area contributed by atoms with Gasteiger partial charge in [0.1, 0.15) is 4.92 Å². The van der Waals surface area contributed by atoms with Crippen LogP contribution in [0.4, 0.5) is 17.5 Å². The van der Waals surface area contributed by atoms with Gasteiger partial charge in [0.15, 0.2) is 5.76 Å². The van der Waals surface area contributed by atoms with E-state index in [1.54, 1.807) is 13.8 Å². The summed E-state index contributed by atoms with van der Waals surface area (Å²) < 4.78 is 37.3. The van der Waals surface area contributed by atoms with Crippen LogP contribution in [-0.2, 0) is 14.8 Å². The first-order chi connectivity index (χ1) is 16.0. The number of nitrogens with zero attached hydrogens (tertiary/aromatic N) is 3. The van der Waals surface area contributed by atoms with E-state index in [9.17, 15) is 28.1 Å². The van der Waals surface area contributed by atoms with Crippen molar-refractivity contribution >= 4 is 39.3 Å². The summed E-state index contributed by atoms with van der Waals surface area (Å²) in [5, 5.41) is 17.0. The molecule has 14 heteroatoms. The summed E-state index contributed by atoms with van der Waals surface area (Å²) in [5.41, 5.74) is 1.52. The zero-order valence-electron chi connectivity index (χ0n) is 18.0. The second-order valence-corrected chi connectivity index (χ2v) is 9.33. The number of hydrogen-bond donors (Lipinski definition) is 2. The molecule has 0 unspecified atom stereocenters. The number of benzene rings is 1. The van der Waals surface area contributed by atoms with Crippen molar-refractivity contribution < 1.29 is 31.9 Å². The maximum atomic E-state index is 12.5. The molecule has 1 saturated heterocycles. The third-order valence-electron chi connectivity index (χ3n) is 5.34. The molecule has 1 aliphatic rings. The fourth-order valence-electron chi connectivity index (χ4n) is 3.16. The van der Waals surface area contributed by atoms with Crippen molar-refractivity contribution in [2.75, 3.05) is 23.1 Å². The van der Waals surface area contributed by atoms with Gasteiger partial charge < -0.3 is 19.2 Å². The van der Waals surface area contributed by atoms with Gasteiger partial charge in [-0.05, 0) is 44.2 Å². The van der Waals surface area contributed by atoms with Gasteiger partial charge in [0, 0.05) is 24.3 Å². The number of nitro groups is 1. The lowest BCUT2D eigenvalue weighted by Gasteiger charge is -2.37. The van der Waals surface area contributed by atoms with Crippen LogP contribution in [0.1, 0.15) is 21.8 Å². The Hall–Kier alpha value is -4.20. The predicted molar refractivity (Wildman–Crippen MR) is 117 cm³/mol. The number of carbonyl (C=O) groups excluding carboxylic acids is 2. The Kier molecular flexibility index (Phi) is 5.83. The Bertz CT molecular complexity index is 1370. The van der Waals surface area contributed by atoms with Gasteiger partial charge in [0.2, 0.25) is 11.8 Å². The highest BCUT2D eigenvalue weighted by atomic mass is 32.2. The van der Waals surface area contributed by atoms with Gasteiger partial charge in [0.05, 0.1) is 22.6 Å². The molecule has 4 rings (SSSR count). The number of furan rings is 1. The van der Waals surface area contributed by atoms with Gasteiger partial charge in [-0.3, -0.25) is 19.7 Å². The molecule has 13 nitrogen and oxygen atoms in total. The molecule has 3 heterocycles. The zero-order chi connectivity index (χ0) is 24.6. The minimum absolute atomic E-state index is 0.0307. The van der Waals surface area contributed by atoms with E-state index in [-0.39, 0.29) is 35.5 Å². The van der Waals surface area contributed by atoms with Crippen molar-refractivity contribution in [3.05, 3.63) is 63.5 Å². The SMILES string of the molecule is Cc1noc(NS(=O)(=O)c2ccc(NC(=O)C3CN(C(=O)c4ccc([N+](=O)[O-])o4)C3)cc2)c1C. The molecule has 0 spiro atoms. The molecule has 178 valence electrons. The molecule has 0 atom stereocenters. The van der Waals surface area contributed by atoms with Crippen LogP contribution < -0.4 is 10.0 Å². The first kappa shape index (κ1) is 23.0. The van der Waals surface area contributed by atoms with Crippen molar-refractivity contribution in [2.45, 2.75) is 18.7 Å². The molecule has 3 aromatic rings. The van der Waals surface area contributed by atoms with E-state index in [1.807, 2.05) is 0 Å². The van der Waals surface area contributed by atoms with Crippen LogP contribution in [0.15, 0.2) is 50.2 Å². The van der Waals surface area contributed by atoms with Crippen LogP contribution in [0.5, 0.6) is 0 Å². The van der Waals surface area contributed by atoms with Gasteiger partial charge >= 0.3 is 5.88 Å². The summed E-state index contributed by atoms with van der Waals surface area (Å²) in [5.74, 6) is -2.07. The fraction of sp³-hybridized carbons (Fsp3) is 0.250. The van der Waals surface area contributed by atoms with E-state index >= 15 is 0 Å². The number of aromatic nitrogens is 1. The monoisotopic (exact) mass is 489 g/mol. The van der Waals surface area contributed by atoms with Gasteiger partial charge in [-0.15, -0.1) is 0 Å². The Labute approximate surface area is 192 Å². The molecule has 1 aliphatic heterocycles. The first-order valence-electron chi connectivity index (χ1n) is 9.95. The molecule has 2 N–H and O–H groups in total. The van der Waals surface area contributed by atoms with Crippen LogP contribution in [0.3, 0.4) is 0 Å². The fourth-order valence-corrected chi connectivity index (χ4v) is 4.21. The summed E-state index contributed by atoms with van der Waals surface area (Å²) in [4.78, 5) is 35.9. The second-order valence-electron chi connectivity index (χ2n) is 7.64. The number of aryl methyl sites for hydroxylation is 1. The Morgan fingerprint density at radius 2 is 1.82 bits per heavy atom. The van der Waals surface area contributed by atoms with Crippen LogP contribution in [-0.4, -0.2) is 48.3 Å². The number of amides is 2. The average Bonchev–Trinajstić information content (AvgIpc) is 3.36. The molecule has 1 fully saturated rings. The molecule has 2 amide bonds. The van der Waals surface area contributed by atoms with E-state index < -0.39 is 32.7 Å². The van der Waals surface area contributed by atoms with Crippen molar-refractivity contribution in [3.8, 4) is 0 Å². The van der Waals surface area contributed by atoms with Crippen LogP contribution in [0.2, 0.25) is 0 Å². The second kappa shape index (κ2) is 8.62. The normalized spacial score (nSPS) is 13.9. The van der Waals surface area contributed by atoms with Gasteiger partial charge in [-0.25, -0.2) is 13.1 Å². The molecule has 0 bridgehead atoms. The van der Waals surface area contributed by atoms with Crippen molar-refractivity contribution in [1.82, 2.24) is 10.1 Å². The van der Waals surface area contributed by atoms with Crippen molar-refractivity contribution in [3.63, 3.8) is 0 Å². The van der Waals surface area contributed by atoms with Crippen LogP contribution in [0, 0.1) is 29.9 Å². The number of hydrogen-bond acceptors (Lipinski definition) is 9. The topological polar surface area (TPSA) is 178 Å². The summed E-state index contributed by atoms with van der Waals surface area (Å²) in [6, 6.07) is 7.84. The smallest absolute Gasteiger partial charge is 0.395 e. The number of likely N-dealkylation sites (tertiary alicyclic amines) is 1. The highest BCUT2D eigenvalue weighted by Gasteiger charge is 2.37. The Morgan fingerprint density at radius 3 is 2.38 bits per heavy atom. The molecule has 0 aliphatic carbocycles. The Morgan fingerprint density at radius 1 is 1.15 bits per heavy atom. The number of sulfonamides is 1. The third-order valence-corrected chi connectivity index (χ3v) is 6.69. The summed E-state index contributed by atoms with van der Waals surface area (Å²) in [7, 11) is -3.92. The van der Waals surface area contributed by atoms with Crippen molar-refractivity contribution in [1.29, 1.82) is 0 Å². The average molecular weight is 489 g/mol. The molecule has 2 aromatic heterocycles. The van der Waals surface area contributed by atoms with E-state index in [0.717, 1.165) is 6.07 Å². The van der Waals surface area contributed by atoms with E-state index in [4.69, 9.17) is 8.94 Å². The largest absolute Gasteiger partial charge is 0.433 e. The number of nitrogens with one attached hydrogen (secondary N) is 2.